The maximum atomic E-state index is 13.7. The molecule has 0 spiro atoms. The van der Waals surface area contributed by atoms with Gasteiger partial charge in [-0.15, -0.1) is 0 Å². The minimum Gasteiger partial charge on any atom is -0.385 e. The van der Waals surface area contributed by atoms with E-state index in [0.29, 0.717) is 12.6 Å². The fourth-order valence-corrected chi connectivity index (χ4v) is 1.81. The summed E-state index contributed by atoms with van der Waals surface area (Å²) in [7, 11) is 1.67. The number of halogens is 1. The monoisotopic (exact) mass is 239 g/mol. The Balaban J connectivity index is 2.71. The molecule has 0 aromatic heterocycles. The van der Waals surface area contributed by atoms with Crippen molar-refractivity contribution in [2.45, 2.75) is 32.2 Å². The fourth-order valence-electron chi connectivity index (χ4n) is 1.81. The molecule has 0 aliphatic heterocycles. The number of benzene rings is 1. The maximum absolute atomic E-state index is 13.7. The Kier molecular flexibility index (Phi) is 6.16. The summed E-state index contributed by atoms with van der Waals surface area (Å²) >= 11 is 0. The second-order valence-electron chi connectivity index (χ2n) is 4.56. The first-order valence-electron chi connectivity index (χ1n) is 6.12. The molecule has 96 valence electrons. The van der Waals surface area contributed by atoms with Crippen LogP contribution in [0.5, 0.6) is 0 Å². The van der Waals surface area contributed by atoms with Gasteiger partial charge in [-0.25, -0.2) is 4.39 Å². The zero-order valence-corrected chi connectivity index (χ0v) is 10.9. The molecule has 0 amide bonds. The molecule has 0 aliphatic carbocycles. The van der Waals surface area contributed by atoms with Crippen molar-refractivity contribution in [2.24, 2.45) is 0 Å². The Morgan fingerprint density at radius 1 is 1.29 bits per heavy atom. The first-order valence-corrected chi connectivity index (χ1v) is 6.12. The van der Waals surface area contributed by atoms with Gasteiger partial charge in [0, 0.05) is 32.2 Å². The molecule has 0 radical (unpaired) electrons. The van der Waals surface area contributed by atoms with Gasteiger partial charge < -0.3 is 10.1 Å². The SMILES string of the molecule is COCCC(CNC(C)C)c1ccccc1F. The van der Waals surface area contributed by atoms with Crippen molar-refractivity contribution >= 4 is 0 Å². The molecular formula is C14H22FNO. The number of ether oxygens (including phenoxy) is 1. The third-order valence-corrected chi connectivity index (χ3v) is 2.79. The van der Waals surface area contributed by atoms with Gasteiger partial charge in [0.2, 0.25) is 0 Å². The lowest BCUT2D eigenvalue weighted by atomic mass is 9.95. The van der Waals surface area contributed by atoms with E-state index in [-0.39, 0.29) is 11.7 Å². The molecule has 0 saturated carbocycles. The van der Waals surface area contributed by atoms with Crippen LogP contribution in [0.15, 0.2) is 24.3 Å². The molecule has 0 saturated heterocycles. The highest BCUT2D eigenvalue weighted by Gasteiger charge is 2.15. The zero-order chi connectivity index (χ0) is 12.7. The van der Waals surface area contributed by atoms with Crippen LogP contribution in [0.25, 0.3) is 0 Å². The van der Waals surface area contributed by atoms with Gasteiger partial charge in [0.1, 0.15) is 5.82 Å². The van der Waals surface area contributed by atoms with Gasteiger partial charge in [-0.2, -0.15) is 0 Å². The van der Waals surface area contributed by atoms with Crippen LogP contribution in [0.1, 0.15) is 31.7 Å². The van der Waals surface area contributed by atoms with Gasteiger partial charge in [-0.05, 0) is 18.1 Å². The quantitative estimate of drug-likeness (QED) is 0.790. The van der Waals surface area contributed by atoms with E-state index in [1.165, 1.54) is 6.07 Å². The third kappa shape index (κ3) is 4.84. The van der Waals surface area contributed by atoms with Crippen LogP contribution in [-0.2, 0) is 4.74 Å². The van der Waals surface area contributed by atoms with E-state index in [9.17, 15) is 4.39 Å². The van der Waals surface area contributed by atoms with Crippen LogP contribution >= 0.6 is 0 Å². The van der Waals surface area contributed by atoms with E-state index in [1.807, 2.05) is 12.1 Å². The van der Waals surface area contributed by atoms with Gasteiger partial charge in [0.25, 0.3) is 0 Å². The van der Waals surface area contributed by atoms with Crippen molar-refractivity contribution in [3.05, 3.63) is 35.6 Å². The van der Waals surface area contributed by atoms with E-state index in [2.05, 4.69) is 19.2 Å². The highest BCUT2D eigenvalue weighted by molar-refractivity contribution is 5.22. The highest BCUT2D eigenvalue weighted by Crippen LogP contribution is 2.22. The molecule has 2 nitrogen and oxygen atoms in total. The van der Waals surface area contributed by atoms with Crippen LogP contribution in [0.2, 0.25) is 0 Å². The maximum Gasteiger partial charge on any atom is 0.126 e. The summed E-state index contributed by atoms with van der Waals surface area (Å²) in [5.74, 6) is 0.0395. The summed E-state index contributed by atoms with van der Waals surface area (Å²) in [4.78, 5) is 0. The molecule has 1 aromatic carbocycles. The van der Waals surface area contributed by atoms with Crippen LogP contribution in [-0.4, -0.2) is 26.3 Å². The van der Waals surface area contributed by atoms with Gasteiger partial charge >= 0.3 is 0 Å². The molecule has 1 rings (SSSR count). The third-order valence-electron chi connectivity index (χ3n) is 2.79. The lowest BCUT2D eigenvalue weighted by Crippen LogP contribution is -2.29. The second kappa shape index (κ2) is 7.41. The van der Waals surface area contributed by atoms with Crippen LogP contribution in [0.3, 0.4) is 0 Å². The van der Waals surface area contributed by atoms with Crippen molar-refractivity contribution < 1.29 is 9.13 Å². The minimum absolute atomic E-state index is 0.126. The first-order chi connectivity index (χ1) is 8.15. The standard InChI is InChI=1S/C14H22FNO/c1-11(2)16-10-12(8-9-17-3)13-6-4-5-7-14(13)15/h4-7,11-12,16H,8-10H2,1-3H3. The van der Waals surface area contributed by atoms with Gasteiger partial charge in [-0.1, -0.05) is 32.0 Å². The van der Waals surface area contributed by atoms with Crippen LogP contribution in [0.4, 0.5) is 4.39 Å². The molecule has 1 unspecified atom stereocenters. The number of rotatable bonds is 7. The van der Waals surface area contributed by atoms with Crippen LogP contribution in [0, 0.1) is 5.82 Å². The Morgan fingerprint density at radius 3 is 2.59 bits per heavy atom. The summed E-state index contributed by atoms with van der Waals surface area (Å²) in [5.41, 5.74) is 0.776. The van der Waals surface area contributed by atoms with Crippen molar-refractivity contribution in [3.63, 3.8) is 0 Å². The number of hydrogen-bond donors (Lipinski definition) is 1. The van der Waals surface area contributed by atoms with Crippen molar-refractivity contribution in [1.29, 1.82) is 0 Å². The molecule has 1 N–H and O–H groups in total. The molecule has 0 fully saturated rings. The summed E-state index contributed by atoms with van der Waals surface area (Å²) in [5, 5.41) is 3.36. The van der Waals surface area contributed by atoms with Crippen molar-refractivity contribution in [2.75, 3.05) is 20.3 Å². The number of nitrogens with one attached hydrogen (secondary N) is 1. The Hall–Kier alpha value is -0.930. The van der Waals surface area contributed by atoms with Crippen LogP contribution < -0.4 is 5.32 Å². The smallest absolute Gasteiger partial charge is 0.126 e. The molecule has 1 aromatic rings. The Labute approximate surface area is 103 Å². The minimum atomic E-state index is -0.126. The average Bonchev–Trinajstić information content (AvgIpc) is 2.30. The van der Waals surface area contributed by atoms with E-state index >= 15 is 0 Å². The van der Waals surface area contributed by atoms with Crippen molar-refractivity contribution in [3.8, 4) is 0 Å². The molecular weight excluding hydrogens is 217 g/mol. The topological polar surface area (TPSA) is 21.3 Å². The predicted molar refractivity (Wildman–Crippen MR) is 68.8 cm³/mol. The highest BCUT2D eigenvalue weighted by atomic mass is 19.1. The largest absolute Gasteiger partial charge is 0.385 e. The normalized spacial score (nSPS) is 13.0. The summed E-state index contributed by atoms with van der Waals surface area (Å²) in [6.07, 6.45) is 0.831. The van der Waals surface area contributed by atoms with Gasteiger partial charge in [0.15, 0.2) is 0 Å². The zero-order valence-electron chi connectivity index (χ0n) is 10.9. The first kappa shape index (κ1) is 14.1. The Morgan fingerprint density at radius 2 is 2.00 bits per heavy atom. The lowest BCUT2D eigenvalue weighted by Gasteiger charge is -2.20. The van der Waals surface area contributed by atoms with E-state index < -0.39 is 0 Å². The van der Waals surface area contributed by atoms with Gasteiger partial charge in [0.05, 0.1) is 0 Å². The average molecular weight is 239 g/mol. The van der Waals surface area contributed by atoms with E-state index in [4.69, 9.17) is 4.74 Å². The predicted octanol–water partition coefficient (Wildman–Crippen LogP) is 2.94. The summed E-state index contributed by atoms with van der Waals surface area (Å²) in [6.45, 7) is 5.62. The van der Waals surface area contributed by atoms with E-state index in [1.54, 1.807) is 13.2 Å². The molecule has 3 heteroatoms. The molecule has 0 aliphatic rings. The Bertz CT molecular complexity index is 328. The molecule has 0 heterocycles. The van der Waals surface area contributed by atoms with Crippen molar-refractivity contribution in [1.82, 2.24) is 5.32 Å². The fraction of sp³-hybridized carbons (Fsp3) is 0.571. The summed E-state index contributed by atoms with van der Waals surface area (Å²) < 4.78 is 18.8. The second-order valence-corrected chi connectivity index (χ2v) is 4.56. The number of methoxy groups -OCH3 is 1. The van der Waals surface area contributed by atoms with Gasteiger partial charge in [-0.3, -0.25) is 0 Å². The molecule has 1 atom stereocenters. The summed E-state index contributed by atoms with van der Waals surface area (Å²) in [6, 6.07) is 7.39. The number of hydrogen-bond acceptors (Lipinski definition) is 2. The lowest BCUT2D eigenvalue weighted by molar-refractivity contribution is 0.186. The molecule has 0 bridgehead atoms. The molecule has 17 heavy (non-hydrogen) atoms. The van der Waals surface area contributed by atoms with E-state index in [0.717, 1.165) is 18.5 Å².